The van der Waals surface area contributed by atoms with Gasteiger partial charge in [0.2, 0.25) is 0 Å². The lowest BCUT2D eigenvalue weighted by atomic mass is 10.1. The molecule has 0 atom stereocenters. The molecule has 146 valence electrons. The number of guanidine groups is 1. The molecule has 0 bridgehead atoms. The SMILES string of the molecule is COCc1ccccc1NC(N)=NCCCc1cn(-c2ccccc2)nc1C. The van der Waals surface area contributed by atoms with Gasteiger partial charge in [0.05, 0.1) is 18.0 Å². The van der Waals surface area contributed by atoms with E-state index in [1.165, 1.54) is 5.56 Å². The molecule has 0 aliphatic carbocycles. The zero-order valence-corrected chi connectivity index (χ0v) is 16.4. The third kappa shape index (κ3) is 5.20. The summed E-state index contributed by atoms with van der Waals surface area (Å²) in [6.45, 7) is 3.23. The largest absolute Gasteiger partial charge is 0.380 e. The number of hydrogen-bond donors (Lipinski definition) is 2. The number of ether oxygens (including phenoxy) is 1. The summed E-state index contributed by atoms with van der Waals surface area (Å²) in [5.74, 6) is 0.417. The lowest BCUT2D eigenvalue weighted by molar-refractivity contribution is 0.185. The second kappa shape index (κ2) is 9.71. The maximum Gasteiger partial charge on any atom is 0.193 e. The number of nitrogens with zero attached hydrogens (tertiary/aromatic N) is 3. The number of nitrogens with two attached hydrogens (primary N) is 1. The monoisotopic (exact) mass is 377 g/mol. The van der Waals surface area contributed by atoms with Crippen LogP contribution in [0.4, 0.5) is 5.69 Å². The Morgan fingerprint density at radius 2 is 1.86 bits per heavy atom. The molecular formula is C22H27N5O. The highest BCUT2D eigenvalue weighted by Gasteiger charge is 2.06. The molecule has 0 radical (unpaired) electrons. The number of rotatable bonds is 8. The highest BCUT2D eigenvalue weighted by Crippen LogP contribution is 2.16. The van der Waals surface area contributed by atoms with Crippen LogP contribution < -0.4 is 11.1 Å². The van der Waals surface area contributed by atoms with E-state index in [1.807, 2.05) is 66.2 Å². The van der Waals surface area contributed by atoms with Crippen LogP contribution in [0.3, 0.4) is 0 Å². The van der Waals surface area contributed by atoms with Crippen LogP contribution in [-0.2, 0) is 17.8 Å². The molecular weight excluding hydrogens is 350 g/mol. The predicted octanol–water partition coefficient (Wildman–Crippen LogP) is 3.69. The number of methoxy groups -OCH3 is 1. The van der Waals surface area contributed by atoms with Crippen molar-refractivity contribution >= 4 is 11.6 Å². The minimum atomic E-state index is 0.417. The summed E-state index contributed by atoms with van der Waals surface area (Å²) in [4.78, 5) is 4.45. The van der Waals surface area contributed by atoms with Gasteiger partial charge in [-0.2, -0.15) is 5.10 Å². The van der Waals surface area contributed by atoms with E-state index < -0.39 is 0 Å². The number of nitrogens with one attached hydrogen (secondary N) is 1. The summed E-state index contributed by atoms with van der Waals surface area (Å²) in [5.41, 5.74) is 11.4. The molecule has 0 unspecified atom stereocenters. The number of benzene rings is 2. The van der Waals surface area contributed by atoms with Crippen molar-refractivity contribution in [3.63, 3.8) is 0 Å². The number of aryl methyl sites for hydroxylation is 2. The fourth-order valence-corrected chi connectivity index (χ4v) is 3.02. The van der Waals surface area contributed by atoms with Gasteiger partial charge in [-0.3, -0.25) is 4.99 Å². The van der Waals surface area contributed by atoms with Gasteiger partial charge in [0.1, 0.15) is 0 Å². The molecule has 0 amide bonds. The van der Waals surface area contributed by atoms with E-state index in [9.17, 15) is 0 Å². The minimum absolute atomic E-state index is 0.417. The molecule has 3 aromatic rings. The number of anilines is 1. The highest BCUT2D eigenvalue weighted by molar-refractivity contribution is 5.92. The summed E-state index contributed by atoms with van der Waals surface area (Å²) in [6.07, 6.45) is 3.91. The van der Waals surface area contributed by atoms with E-state index in [0.29, 0.717) is 19.1 Å². The maximum atomic E-state index is 6.04. The van der Waals surface area contributed by atoms with Crippen molar-refractivity contribution in [2.75, 3.05) is 19.0 Å². The maximum absolute atomic E-state index is 6.04. The Kier molecular flexibility index (Phi) is 6.81. The first-order chi connectivity index (χ1) is 13.7. The fourth-order valence-electron chi connectivity index (χ4n) is 3.02. The van der Waals surface area contributed by atoms with Gasteiger partial charge in [-0.25, -0.2) is 4.68 Å². The molecule has 6 heteroatoms. The van der Waals surface area contributed by atoms with Crippen LogP contribution >= 0.6 is 0 Å². The Morgan fingerprint density at radius 3 is 2.64 bits per heavy atom. The van der Waals surface area contributed by atoms with E-state index in [0.717, 1.165) is 35.5 Å². The lowest BCUT2D eigenvalue weighted by Gasteiger charge is -2.10. The van der Waals surface area contributed by atoms with Crippen molar-refractivity contribution in [2.24, 2.45) is 10.7 Å². The smallest absolute Gasteiger partial charge is 0.193 e. The number of hydrogen-bond acceptors (Lipinski definition) is 3. The predicted molar refractivity (Wildman–Crippen MR) is 114 cm³/mol. The zero-order chi connectivity index (χ0) is 19.8. The molecule has 0 aliphatic rings. The second-order valence-electron chi connectivity index (χ2n) is 6.61. The topological polar surface area (TPSA) is 77.5 Å². The molecule has 1 aromatic heterocycles. The standard InChI is InChI=1S/C22H27N5O/c1-17-18(15-27(26-17)20-11-4-3-5-12-20)10-8-14-24-22(23)25-21-13-7-6-9-19(21)16-28-2/h3-7,9,11-13,15H,8,10,14,16H2,1-2H3,(H3,23,24,25). The average molecular weight is 377 g/mol. The molecule has 28 heavy (non-hydrogen) atoms. The first kappa shape index (κ1) is 19.6. The number of aromatic nitrogens is 2. The molecule has 0 saturated heterocycles. The molecule has 0 aliphatic heterocycles. The molecule has 0 spiro atoms. The summed E-state index contributed by atoms with van der Waals surface area (Å²) in [5, 5.41) is 7.77. The van der Waals surface area contributed by atoms with Crippen molar-refractivity contribution in [2.45, 2.75) is 26.4 Å². The van der Waals surface area contributed by atoms with Gasteiger partial charge in [-0.1, -0.05) is 36.4 Å². The minimum Gasteiger partial charge on any atom is -0.380 e. The van der Waals surface area contributed by atoms with Gasteiger partial charge in [-0.05, 0) is 43.5 Å². The fraction of sp³-hybridized carbons (Fsp3) is 0.273. The van der Waals surface area contributed by atoms with Crippen LogP contribution in [0.15, 0.2) is 65.8 Å². The van der Waals surface area contributed by atoms with Crippen LogP contribution in [-0.4, -0.2) is 29.4 Å². The van der Waals surface area contributed by atoms with E-state index in [2.05, 4.69) is 21.6 Å². The summed E-state index contributed by atoms with van der Waals surface area (Å²) >= 11 is 0. The summed E-state index contributed by atoms with van der Waals surface area (Å²) in [7, 11) is 1.68. The average Bonchev–Trinajstić information content (AvgIpc) is 3.08. The summed E-state index contributed by atoms with van der Waals surface area (Å²) in [6, 6.07) is 18.0. The molecule has 1 heterocycles. The highest BCUT2D eigenvalue weighted by atomic mass is 16.5. The quantitative estimate of drug-likeness (QED) is 0.357. The van der Waals surface area contributed by atoms with Gasteiger partial charge < -0.3 is 15.8 Å². The molecule has 3 rings (SSSR count). The van der Waals surface area contributed by atoms with Crippen LogP contribution in [0.2, 0.25) is 0 Å². The third-order valence-corrected chi connectivity index (χ3v) is 4.49. The number of para-hydroxylation sites is 2. The van der Waals surface area contributed by atoms with E-state index in [1.54, 1.807) is 7.11 Å². The van der Waals surface area contributed by atoms with E-state index in [-0.39, 0.29) is 0 Å². The van der Waals surface area contributed by atoms with Crippen LogP contribution in [0.1, 0.15) is 23.2 Å². The Morgan fingerprint density at radius 1 is 1.11 bits per heavy atom. The number of aliphatic imine (C=N–C) groups is 1. The molecule has 0 fully saturated rings. The second-order valence-corrected chi connectivity index (χ2v) is 6.61. The van der Waals surface area contributed by atoms with Crippen LogP contribution in [0, 0.1) is 6.92 Å². The van der Waals surface area contributed by atoms with Crippen molar-refractivity contribution in [1.29, 1.82) is 0 Å². The van der Waals surface area contributed by atoms with Crippen molar-refractivity contribution in [3.05, 3.63) is 77.6 Å². The Bertz CT molecular complexity index is 918. The van der Waals surface area contributed by atoms with Gasteiger partial charge in [-0.15, -0.1) is 0 Å². The van der Waals surface area contributed by atoms with Gasteiger partial charge >= 0.3 is 0 Å². The van der Waals surface area contributed by atoms with Crippen molar-refractivity contribution < 1.29 is 4.74 Å². The van der Waals surface area contributed by atoms with Gasteiger partial charge in [0.25, 0.3) is 0 Å². The zero-order valence-electron chi connectivity index (χ0n) is 16.4. The normalized spacial score (nSPS) is 11.6. The Balaban J connectivity index is 1.53. The van der Waals surface area contributed by atoms with E-state index >= 15 is 0 Å². The lowest BCUT2D eigenvalue weighted by Crippen LogP contribution is -2.23. The first-order valence-electron chi connectivity index (χ1n) is 9.41. The van der Waals surface area contributed by atoms with Gasteiger partial charge in [0.15, 0.2) is 5.96 Å². The Labute approximate surface area is 166 Å². The summed E-state index contributed by atoms with van der Waals surface area (Å²) < 4.78 is 7.14. The molecule has 2 aromatic carbocycles. The van der Waals surface area contributed by atoms with Crippen LogP contribution in [0.25, 0.3) is 5.69 Å². The van der Waals surface area contributed by atoms with Crippen molar-refractivity contribution in [1.82, 2.24) is 9.78 Å². The molecule has 6 nitrogen and oxygen atoms in total. The van der Waals surface area contributed by atoms with Gasteiger partial charge in [0, 0.05) is 31.1 Å². The first-order valence-corrected chi connectivity index (χ1v) is 9.41. The molecule has 3 N–H and O–H groups in total. The van der Waals surface area contributed by atoms with Crippen LogP contribution in [0.5, 0.6) is 0 Å². The third-order valence-electron chi connectivity index (χ3n) is 4.49. The Hall–Kier alpha value is -3.12. The molecule has 0 saturated carbocycles. The van der Waals surface area contributed by atoms with E-state index in [4.69, 9.17) is 10.5 Å². The van der Waals surface area contributed by atoms with Crippen molar-refractivity contribution in [3.8, 4) is 5.69 Å².